The van der Waals surface area contributed by atoms with Gasteiger partial charge in [-0.25, -0.2) is 0 Å². The lowest BCUT2D eigenvalue weighted by Gasteiger charge is -2.39. The molecule has 0 radical (unpaired) electrons. The van der Waals surface area contributed by atoms with Crippen molar-refractivity contribution < 1.29 is 4.42 Å². The Balaban J connectivity index is 1.59. The predicted octanol–water partition coefficient (Wildman–Crippen LogP) is 3.02. The van der Waals surface area contributed by atoms with Crippen molar-refractivity contribution in [3.05, 3.63) is 24.2 Å². The van der Waals surface area contributed by atoms with Gasteiger partial charge in [-0.1, -0.05) is 6.42 Å². The maximum atomic E-state index is 5.29. The molecule has 3 heteroatoms. The highest BCUT2D eigenvalue weighted by Crippen LogP contribution is 2.22. The summed E-state index contributed by atoms with van der Waals surface area (Å²) in [5, 5.41) is 3.44. The van der Waals surface area contributed by atoms with Gasteiger partial charge in [0.2, 0.25) is 0 Å². The zero-order chi connectivity index (χ0) is 12.8. The molecule has 0 aromatic carbocycles. The third kappa shape index (κ3) is 3.85. The Morgan fingerprint density at radius 3 is 2.78 bits per heavy atom. The van der Waals surface area contributed by atoms with Crippen LogP contribution in [-0.4, -0.2) is 30.1 Å². The van der Waals surface area contributed by atoms with Gasteiger partial charge in [0.15, 0.2) is 0 Å². The minimum absolute atomic E-state index is 0.763. The lowest BCUT2D eigenvalue weighted by atomic mass is 9.97. The first kappa shape index (κ1) is 13.6. The van der Waals surface area contributed by atoms with Gasteiger partial charge in [-0.05, 0) is 58.3 Å². The highest BCUT2D eigenvalue weighted by atomic mass is 16.3. The van der Waals surface area contributed by atoms with E-state index in [1.807, 2.05) is 12.1 Å². The number of nitrogens with one attached hydrogen (secondary N) is 1. The monoisotopic (exact) mass is 250 g/mol. The number of furan rings is 1. The molecule has 0 spiro atoms. The third-order valence-electron chi connectivity index (χ3n) is 4.03. The van der Waals surface area contributed by atoms with Gasteiger partial charge < -0.3 is 9.73 Å². The second-order valence-electron chi connectivity index (χ2n) is 5.48. The molecule has 1 aliphatic heterocycles. The first-order valence-electron chi connectivity index (χ1n) is 7.26. The summed E-state index contributed by atoms with van der Waals surface area (Å²) in [6.07, 6.45) is 7.08. The van der Waals surface area contributed by atoms with E-state index in [0.29, 0.717) is 0 Å². The average molecular weight is 250 g/mol. The average Bonchev–Trinajstić information content (AvgIpc) is 2.85. The fraction of sp³-hybridized carbons (Fsp3) is 0.733. The summed E-state index contributed by atoms with van der Waals surface area (Å²) >= 11 is 0. The summed E-state index contributed by atoms with van der Waals surface area (Å²) in [5.74, 6) is 1.02. The van der Waals surface area contributed by atoms with Gasteiger partial charge in [-0.2, -0.15) is 0 Å². The van der Waals surface area contributed by atoms with E-state index in [0.717, 1.165) is 30.9 Å². The van der Waals surface area contributed by atoms with Crippen molar-refractivity contribution in [2.75, 3.05) is 13.1 Å². The van der Waals surface area contributed by atoms with Crippen LogP contribution in [0, 0.1) is 0 Å². The number of piperidine rings is 1. The minimum Gasteiger partial charge on any atom is -0.468 e. The van der Waals surface area contributed by atoms with Crippen LogP contribution in [0.1, 0.15) is 45.3 Å². The van der Waals surface area contributed by atoms with E-state index in [1.54, 1.807) is 6.26 Å². The topological polar surface area (TPSA) is 28.4 Å². The Morgan fingerprint density at radius 2 is 2.11 bits per heavy atom. The van der Waals surface area contributed by atoms with E-state index in [9.17, 15) is 0 Å². The normalized spacial score (nSPS) is 25.4. The van der Waals surface area contributed by atoms with E-state index in [2.05, 4.69) is 24.1 Å². The zero-order valence-electron chi connectivity index (χ0n) is 11.7. The van der Waals surface area contributed by atoms with Gasteiger partial charge in [0, 0.05) is 12.1 Å². The Bertz CT molecular complexity index is 313. The molecule has 2 unspecified atom stereocenters. The summed E-state index contributed by atoms with van der Waals surface area (Å²) in [7, 11) is 0. The molecule has 2 atom stereocenters. The van der Waals surface area contributed by atoms with E-state index < -0.39 is 0 Å². The molecule has 1 aromatic rings. The molecule has 1 fully saturated rings. The molecule has 0 saturated carbocycles. The van der Waals surface area contributed by atoms with Gasteiger partial charge in [0.1, 0.15) is 5.76 Å². The second kappa shape index (κ2) is 6.95. The van der Waals surface area contributed by atoms with Gasteiger partial charge in [-0.3, -0.25) is 4.90 Å². The number of likely N-dealkylation sites (tertiary alicyclic amines) is 1. The van der Waals surface area contributed by atoms with Crippen molar-refractivity contribution >= 4 is 0 Å². The van der Waals surface area contributed by atoms with Crippen LogP contribution in [0.25, 0.3) is 0 Å². The van der Waals surface area contributed by atoms with Crippen LogP contribution < -0.4 is 5.32 Å². The standard InChI is InChI=1S/C15H26N2O/c1-13-6-3-7-14(2)17(13)10-5-9-16-12-15-8-4-11-18-15/h4,8,11,13-14,16H,3,5-7,9-10,12H2,1-2H3. The van der Waals surface area contributed by atoms with Gasteiger partial charge in [-0.15, -0.1) is 0 Å². The largest absolute Gasteiger partial charge is 0.468 e. The molecule has 0 amide bonds. The Kier molecular flexibility index (Phi) is 5.26. The molecular formula is C15H26N2O. The van der Waals surface area contributed by atoms with Crippen molar-refractivity contribution in [2.45, 2.75) is 58.2 Å². The fourth-order valence-electron chi connectivity index (χ4n) is 2.93. The summed E-state index contributed by atoms with van der Waals surface area (Å²) in [6.45, 7) is 7.86. The van der Waals surface area contributed by atoms with E-state index in [1.165, 1.54) is 32.2 Å². The van der Waals surface area contributed by atoms with Crippen molar-refractivity contribution in [1.82, 2.24) is 10.2 Å². The van der Waals surface area contributed by atoms with Crippen LogP contribution in [-0.2, 0) is 6.54 Å². The summed E-state index contributed by atoms with van der Waals surface area (Å²) in [4.78, 5) is 2.66. The highest BCUT2D eigenvalue weighted by Gasteiger charge is 2.23. The smallest absolute Gasteiger partial charge is 0.117 e. The number of rotatable bonds is 6. The molecule has 2 heterocycles. The molecule has 102 valence electrons. The fourth-order valence-corrected chi connectivity index (χ4v) is 2.93. The highest BCUT2D eigenvalue weighted by molar-refractivity contribution is 4.97. The zero-order valence-corrected chi connectivity index (χ0v) is 11.7. The lowest BCUT2D eigenvalue weighted by molar-refractivity contribution is 0.102. The first-order valence-corrected chi connectivity index (χ1v) is 7.26. The van der Waals surface area contributed by atoms with Crippen LogP contribution in [0.2, 0.25) is 0 Å². The van der Waals surface area contributed by atoms with Gasteiger partial charge in [0.05, 0.1) is 12.8 Å². The Hall–Kier alpha value is -0.800. The van der Waals surface area contributed by atoms with Gasteiger partial charge >= 0.3 is 0 Å². The molecule has 1 aliphatic rings. The van der Waals surface area contributed by atoms with Crippen LogP contribution in [0.5, 0.6) is 0 Å². The molecule has 0 bridgehead atoms. The third-order valence-corrected chi connectivity index (χ3v) is 4.03. The summed E-state index contributed by atoms with van der Waals surface area (Å²) in [5.41, 5.74) is 0. The number of hydrogen-bond donors (Lipinski definition) is 1. The summed E-state index contributed by atoms with van der Waals surface area (Å²) < 4.78 is 5.29. The molecular weight excluding hydrogens is 224 g/mol. The van der Waals surface area contributed by atoms with Crippen molar-refractivity contribution in [3.63, 3.8) is 0 Å². The van der Waals surface area contributed by atoms with Gasteiger partial charge in [0.25, 0.3) is 0 Å². The van der Waals surface area contributed by atoms with Crippen molar-refractivity contribution in [1.29, 1.82) is 0 Å². The quantitative estimate of drug-likeness (QED) is 0.787. The van der Waals surface area contributed by atoms with Crippen molar-refractivity contribution in [3.8, 4) is 0 Å². The number of hydrogen-bond acceptors (Lipinski definition) is 3. The molecule has 1 N–H and O–H groups in total. The minimum atomic E-state index is 0.763. The van der Waals surface area contributed by atoms with E-state index in [-0.39, 0.29) is 0 Å². The van der Waals surface area contributed by atoms with Crippen LogP contribution >= 0.6 is 0 Å². The molecule has 18 heavy (non-hydrogen) atoms. The van der Waals surface area contributed by atoms with Crippen LogP contribution in [0.15, 0.2) is 22.8 Å². The number of nitrogens with zero attached hydrogens (tertiary/aromatic N) is 1. The first-order chi connectivity index (χ1) is 8.77. The van der Waals surface area contributed by atoms with Crippen molar-refractivity contribution in [2.24, 2.45) is 0 Å². The molecule has 2 rings (SSSR count). The Labute approximate surface area is 111 Å². The van der Waals surface area contributed by atoms with Crippen LogP contribution in [0.4, 0.5) is 0 Å². The maximum Gasteiger partial charge on any atom is 0.117 e. The SMILES string of the molecule is CC1CCCC(C)N1CCCNCc1ccco1. The maximum absolute atomic E-state index is 5.29. The summed E-state index contributed by atoms with van der Waals surface area (Å²) in [6, 6.07) is 5.48. The second-order valence-corrected chi connectivity index (χ2v) is 5.48. The lowest BCUT2D eigenvalue weighted by Crippen LogP contribution is -2.44. The molecule has 3 nitrogen and oxygen atoms in total. The van der Waals surface area contributed by atoms with Crippen LogP contribution in [0.3, 0.4) is 0 Å². The predicted molar refractivity (Wildman–Crippen MR) is 74.5 cm³/mol. The Morgan fingerprint density at radius 1 is 1.33 bits per heavy atom. The molecule has 0 aliphatic carbocycles. The van der Waals surface area contributed by atoms with E-state index in [4.69, 9.17) is 4.42 Å². The molecule has 1 aromatic heterocycles. The molecule has 1 saturated heterocycles. The van der Waals surface area contributed by atoms with E-state index >= 15 is 0 Å².